The van der Waals surface area contributed by atoms with Crippen molar-refractivity contribution < 1.29 is 19.8 Å². The summed E-state index contributed by atoms with van der Waals surface area (Å²) in [6, 6.07) is 0. The van der Waals surface area contributed by atoms with Gasteiger partial charge in [0, 0.05) is 0 Å². The molecule has 0 radical (unpaired) electrons. The molecule has 0 aromatic rings. The molecule has 0 unspecified atom stereocenters. The van der Waals surface area contributed by atoms with Gasteiger partial charge in [-0.1, -0.05) is 51.7 Å². The van der Waals surface area contributed by atoms with Crippen LogP contribution in [-0.2, 0) is 9.59 Å². The van der Waals surface area contributed by atoms with E-state index in [2.05, 4.69) is 13.8 Å². The van der Waals surface area contributed by atoms with Gasteiger partial charge in [0.15, 0.2) is 0 Å². The van der Waals surface area contributed by atoms with E-state index in [1.165, 1.54) is 12.8 Å². The van der Waals surface area contributed by atoms with Gasteiger partial charge in [0.05, 0.1) is 11.9 Å². The molecule has 0 aliphatic carbocycles. The van der Waals surface area contributed by atoms with Gasteiger partial charge in [0.1, 0.15) is 0 Å². The topological polar surface area (TPSA) is 80.3 Å². The van der Waals surface area contributed by atoms with Crippen LogP contribution in [0.2, 0.25) is 0 Å². The predicted octanol–water partition coefficient (Wildman–Crippen LogP) is 1.36. The van der Waals surface area contributed by atoms with Crippen molar-refractivity contribution in [1.29, 1.82) is 0 Å². The molecule has 0 amide bonds. The Morgan fingerprint density at radius 3 is 1.33 bits per heavy atom. The molecule has 0 N–H and O–H groups in total. The van der Waals surface area contributed by atoms with Gasteiger partial charge in [0.2, 0.25) is 0 Å². The molecule has 21 heavy (non-hydrogen) atoms. The Morgan fingerprint density at radius 1 is 0.762 bits per heavy atom. The number of unbranched alkanes of at least 4 members (excludes halogenated alkanes) is 6. The van der Waals surface area contributed by atoms with E-state index in [1.807, 2.05) is 0 Å². The van der Waals surface area contributed by atoms with Gasteiger partial charge in [-0.2, -0.15) is 0 Å². The van der Waals surface area contributed by atoms with Crippen molar-refractivity contribution in [3.05, 3.63) is 24.3 Å². The van der Waals surface area contributed by atoms with Crippen LogP contribution in [0, 0.1) is 0 Å². The van der Waals surface area contributed by atoms with Gasteiger partial charge in [-0.3, -0.25) is 0 Å². The van der Waals surface area contributed by atoms with E-state index in [1.54, 1.807) is 12.2 Å². The van der Waals surface area contributed by atoms with Crippen LogP contribution in [0.15, 0.2) is 24.3 Å². The third-order valence-electron chi connectivity index (χ3n) is 2.46. The van der Waals surface area contributed by atoms with Crippen molar-refractivity contribution in [1.82, 2.24) is 0 Å². The zero-order valence-corrected chi connectivity index (χ0v) is 14.7. The number of carbonyl (C=O) groups excluding carboxylic acids is 2. The molecule has 0 spiro atoms. The fourth-order valence-electron chi connectivity index (χ4n) is 1.38. The number of aliphatic carboxylic acids is 2. The molecule has 0 rings (SSSR count). The molecule has 0 aliphatic rings. The Morgan fingerprint density at radius 2 is 1.10 bits per heavy atom. The van der Waals surface area contributed by atoms with Crippen LogP contribution in [-0.4, -0.2) is 35.0 Å². The maximum absolute atomic E-state index is 9.83. The van der Waals surface area contributed by atoms with Crippen molar-refractivity contribution in [3.63, 3.8) is 0 Å². The van der Waals surface area contributed by atoms with E-state index < -0.39 is 11.9 Å². The number of rotatable bonds is 10. The largest absolute Gasteiger partial charge is 2.00 e. The molecular weight excluding hydrogens is 280 g/mol. The second-order valence-corrected chi connectivity index (χ2v) is 4.43. The Hall–Kier alpha value is -0.814. The van der Waals surface area contributed by atoms with Crippen molar-refractivity contribution in [2.75, 3.05) is 0 Å². The first-order valence-electron chi connectivity index (χ1n) is 7.29. The van der Waals surface area contributed by atoms with Gasteiger partial charge in [-0.15, -0.1) is 0 Å². The number of hydrogen-bond donors (Lipinski definition) is 0. The normalized spacial score (nSPS) is 10.0. The molecule has 5 heteroatoms. The van der Waals surface area contributed by atoms with Crippen molar-refractivity contribution in [2.45, 2.75) is 65.2 Å². The average Bonchev–Trinajstić information content (AvgIpc) is 2.38. The first kappa shape index (κ1) is 25.2. The second-order valence-electron chi connectivity index (χ2n) is 4.43. The maximum atomic E-state index is 9.83. The third-order valence-corrected chi connectivity index (χ3v) is 2.46. The van der Waals surface area contributed by atoms with E-state index in [0.717, 1.165) is 50.7 Å². The van der Waals surface area contributed by atoms with Crippen LogP contribution >= 0.6 is 0 Å². The molecule has 0 aromatic carbocycles. The summed E-state index contributed by atoms with van der Waals surface area (Å²) in [5.74, 6) is -2.20. The zero-order valence-electron chi connectivity index (χ0n) is 13.3. The predicted molar refractivity (Wildman–Crippen MR) is 82.3 cm³/mol. The Balaban J connectivity index is -0.000000295. The average molecular weight is 307 g/mol. The molecular formula is C16H26MgO4. The summed E-state index contributed by atoms with van der Waals surface area (Å²) in [5, 5.41) is 19.7. The Labute approximate surface area is 144 Å². The van der Waals surface area contributed by atoms with E-state index in [4.69, 9.17) is 0 Å². The van der Waals surface area contributed by atoms with Crippen molar-refractivity contribution >= 4 is 35.0 Å². The standard InChI is InChI=1S/2C8H14O2.Mg/c2*1-2-3-4-5-6-7-8(9)10;/h2*6-7H,2-5H2,1H3,(H,9,10);/q;;+2/p-2. The summed E-state index contributed by atoms with van der Waals surface area (Å²) >= 11 is 0. The summed E-state index contributed by atoms with van der Waals surface area (Å²) in [4.78, 5) is 19.7. The summed E-state index contributed by atoms with van der Waals surface area (Å²) in [7, 11) is 0. The molecule has 116 valence electrons. The molecule has 0 aliphatic heterocycles. The second kappa shape index (κ2) is 21.5. The summed E-state index contributed by atoms with van der Waals surface area (Å²) in [6.07, 6.45) is 14.0. The third kappa shape index (κ3) is 32.6. The number of hydrogen-bond acceptors (Lipinski definition) is 4. The van der Waals surface area contributed by atoms with Gasteiger partial charge >= 0.3 is 23.1 Å². The Bertz CT molecular complexity index is 269. The molecule has 0 fully saturated rings. The first-order chi connectivity index (χ1) is 9.54. The number of carbonyl (C=O) groups is 2. The minimum Gasteiger partial charge on any atom is -0.545 e. The van der Waals surface area contributed by atoms with Crippen LogP contribution in [0.5, 0.6) is 0 Å². The maximum Gasteiger partial charge on any atom is 2.00 e. The minimum absolute atomic E-state index is 0. The minimum atomic E-state index is -1.10. The van der Waals surface area contributed by atoms with E-state index in [-0.39, 0.29) is 23.1 Å². The molecule has 0 saturated carbocycles. The van der Waals surface area contributed by atoms with Crippen LogP contribution in [0.25, 0.3) is 0 Å². The van der Waals surface area contributed by atoms with Crippen LogP contribution in [0.4, 0.5) is 0 Å². The number of allylic oxidation sites excluding steroid dienone is 2. The smallest absolute Gasteiger partial charge is 0.545 e. The van der Waals surface area contributed by atoms with Crippen molar-refractivity contribution in [2.24, 2.45) is 0 Å². The zero-order chi connectivity index (χ0) is 15.6. The molecule has 4 nitrogen and oxygen atoms in total. The molecule has 0 atom stereocenters. The van der Waals surface area contributed by atoms with Gasteiger partial charge in [-0.25, -0.2) is 0 Å². The first-order valence-corrected chi connectivity index (χ1v) is 7.29. The quantitative estimate of drug-likeness (QED) is 0.347. The number of carboxylic acid groups (broad SMARTS) is 2. The summed E-state index contributed by atoms with van der Waals surface area (Å²) < 4.78 is 0. The van der Waals surface area contributed by atoms with Gasteiger partial charge in [-0.05, 0) is 37.8 Å². The Kier molecular flexibility index (Phi) is 25.7. The van der Waals surface area contributed by atoms with Gasteiger partial charge in [0.25, 0.3) is 0 Å². The van der Waals surface area contributed by atoms with E-state index in [0.29, 0.717) is 0 Å². The van der Waals surface area contributed by atoms with Crippen LogP contribution in [0.1, 0.15) is 65.2 Å². The van der Waals surface area contributed by atoms with Crippen LogP contribution < -0.4 is 10.2 Å². The molecule has 0 heterocycles. The summed E-state index contributed by atoms with van der Waals surface area (Å²) in [5.41, 5.74) is 0. The molecule has 0 bridgehead atoms. The van der Waals surface area contributed by atoms with E-state index in [9.17, 15) is 19.8 Å². The SMILES string of the molecule is CCCCCC=CC(=O)[O-].CCCCCC=CC(=O)[O-].[Mg+2]. The fraction of sp³-hybridized carbons (Fsp3) is 0.625. The van der Waals surface area contributed by atoms with Crippen molar-refractivity contribution in [3.8, 4) is 0 Å². The monoisotopic (exact) mass is 306 g/mol. The van der Waals surface area contributed by atoms with Crippen LogP contribution in [0.3, 0.4) is 0 Å². The number of carboxylic acids is 2. The van der Waals surface area contributed by atoms with Gasteiger partial charge < -0.3 is 19.8 Å². The summed E-state index contributed by atoms with van der Waals surface area (Å²) in [6.45, 7) is 4.23. The molecule has 0 aromatic heterocycles. The fourth-order valence-corrected chi connectivity index (χ4v) is 1.38. The molecule has 0 saturated heterocycles. The van der Waals surface area contributed by atoms with E-state index >= 15 is 0 Å².